The number of methoxy groups -OCH3 is 1. The summed E-state index contributed by atoms with van der Waals surface area (Å²) in [6, 6.07) is 14.0. The monoisotopic (exact) mass is 396 g/mol. The third kappa shape index (κ3) is 5.11. The number of hydrogen-bond donors (Lipinski definition) is 2. The number of fused-ring (bicyclic) bond motifs is 1. The van der Waals surface area contributed by atoms with Crippen LogP contribution in [0.25, 0.3) is 10.8 Å². The third-order valence-electron chi connectivity index (χ3n) is 4.29. The fraction of sp³-hybridized carbons (Fsp3) is 0.286. The van der Waals surface area contributed by atoms with E-state index in [0.717, 1.165) is 5.75 Å². The summed E-state index contributed by atoms with van der Waals surface area (Å²) in [6.07, 6.45) is 0. The van der Waals surface area contributed by atoms with Crippen molar-refractivity contribution in [3.8, 4) is 5.75 Å². The molecule has 152 valence electrons. The van der Waals surface area contributed by atoms with E-state index in [1.54, 1.807) is 43.5 Å². The molecular formula is C21H24N4O4. The molecule has 0 saturated heterocycles. The van der Waals surface area contributed by atoms with Crippen molar-refractivity contribution in [3.05, 3.63) is 64.6 Å². The number of nitrogens with one attached hydrogen (secondary N) is 2. The molecule has 2 N–H and O–H groups in total. The van der Waals surface area contributed by atoms with Crippen LogP contribution in [-0.2, 0) is 17.8 Å². The Bertz CT molecular complexity index is 1030. The predicted octanol–water partition coefficient (Wildman–Crippen LogP) is 2.76. The van der Waals surface area contributed by atoms with Gasteiger partial charge in [-0.05, 0) is 37.3 Å². The maximum atomic E-state index is 12.6. The molecule has 0 aliphatic carbocycles. The van der Waals surface area contributed by atoms with Crippen LogP contribution in [0.3, 0.4) is 0 Å². The van der Waals surface area contributed by atoms with E-state index >= 15 is 0 Å². The summed E-state index contributed by atoms with van der Waals surface area (Å²) in [7, 11) is 1.57. The molecule has 0 aliphatic heterocycles. The van der Waals surface area contributed by atoms with Gasteiger partial charge in [0.05, 0.1) is 37.4 Å². The maximum absolute atomic E-state index is 12.6. The van der Waals surface area contributed by atoms with Crippen molar-refractivity contribution in [2.24, 2.45) is 0 Å². The van der Waals surface area contributed by atoms with Gasteiger partial charge in [0.25, 0.3) is 5.56 Å². The quantitative estimate of drug-likeness (QED) is 0.611. The molecule has 0 bridgehead atoms. The Kier molecular flexibility index (Phi) is 6.80. The lowest BCUT2D eigenvalue weighted by Crippen LogP contribution is -2.31. The first-order chi connectivity index (χ1) is 14.1. The van der Waals surface area contributed by atoms with Gasteiger partial charge in [-0.15, -0.1) is 0 Å². The Labute approximate surface area is 168 Å². The second-order valence-electron chi connectivity index (χ2n) is 6.28. The van der Waals surface area contributed by atoms with E-state index in [1.807, 2.05) is 19.1 Å². The van der Waals surface area contributed by atoms with E-state index in [1.165, 1.54) is 4.68 Å². The lowest BCUT2D eigenvalue weighted by molar-refractivity contribution is 0.181. The fourth-order valence-electron chi connectivity index (χ4n) is 2.91. The van der Waals surface area contributed by atoms with E-state index < -0.39 is 0 Å². The molecule has 2 aromatic carbocycles. The minimum absolute atomic E-state index is 0.177. The van der Waals surface area contributed by atoms with Gasteiger partial charge < -0.3 is 20.1 Å². The summed E-state index contributed by atoms with van der Waals surface area (Å²) < 4.78 is 11.8. The maximum Gasteiger partial charge on any atom is 0.319 e. The van der Waals surface area contributed by atoms with Gasteiger partial charge in [-0.2, -0.15) is 5.10 Å². The Morgan fingerprint density at radius 1 is 1.10 bits per heavy atom. The molecule has 2 amide bonds. The molecule has 0 fully saturated rings. The first-order valence-corrected chi connectivity index (χ1v) is 9.37. The number of benzene rings is 2. The number of anilines is 1. The summed E-state index contributed by atoms with van der Waals surface area (Å²) in [5.41, 5.74) is 1.08. The highest BCUT2D eigenvalue weighted by Crippen LogP contribution is 2.16. The highest BCUT2D eigenvalue weighted by atomic mass is 16.5. The van der Waals surface area contributed by atoms with Crippen LogP contribution in [0.4, 0.5) is 10.5 Å². The molecule has 0 unspecified atom stereocenters. The van der Waals surface area contributed by atoms with Gasteiger partial charge in [-0.1, -0.05) is 18.2 Å². The zero-order chi connectivity index (χ0) is 20.6. The van der Waals surface area contributed by atoms with Crippen molar-refractivity contribution in [2.45, 2.75) is 20.0 Å². The van der Waals surface area contributed by atoms with Gasteiger partial charge in [-0.3, -0.25) is 4.79 Å². The standard InChI is InChI=1S/C21H24N4O4/c1-3-29-16-10-8-15(9-11-16)23-21(27)22-14-19-17-6-4-5-7-18(17)20(26)25(24-19)12-13-28-2/h4-11H,3,12-14H2,1-2H3,(H2,22,23,27). The molecule has 1 aromatic heterocycles. The van der Waals surface area contributed by atoms with Crippen LogP contribution in [-0.4, -0.2) is 36.1 Å². The predicted molar refractivity (Wildman–Crippen MR) is 111 cm³/mol. The lowest BCUT2D eigenvalue weighted by atomic mass is 10.1. The molecule has 3 rings (SSSR count). The summed E-state index contributed by atoms with van der Waals surface area (Å²) in [5.74, 6) is 0.743. The number of amides is 2. The lowest BCUT2D eigenvalue weighted by Gasteiger charge is -2.12. The molecule has 29 heavy (non-hydrogen) atoms. The van der Waals surface area contributed by atoms with Crippen molar-refractivity contribution in [2.75, 3.05) is 25.6 Å². The van der Waals surface area contributed by atoms with Crippen LogP contribution in [0.2, 0.25) is 0 Å². The van der Waals surface area contributed by atoms with Crippen LogP contribution >= 0.6 is 0 Å². The Balaban J connectivity index is 1.73. The van der Waals surface area contributed by atoms with Crippen molar-refractivity contribution in [1.82, 2.24) is 15.1 Å². The van der Waals surface area contributed by atoms with Crippen LogP contribution in [0, 0.1) is 0 Å². The van der Waals surface area contributed by atoms with E-state index in [-0.39, 0.29) is 18.1 Å². The van der Waals surface area contributed by atoms with Gasteiger partial charge >= 0.3 is 6.03 Å². The number of aromatic nitrogens is 2. The number of hydrogen-bond acceptors (Lipinski definition) is 5. The van der Waals surface area contributed by atoms with Crippen LogP contribution in [0.1, 0.15) is 12.6 Å². The molecule has 0 saturated carbocycles. The van der Waals surface area contributed by atoms with Gasteiger partial charge in [-0.25, -0.2) is 9.48 Å². The summed E-state index contributed by atoms with van der Waals surface area (Å²) >= 11 is 0. The molecule has 0 radical (unpaired) electrons. The molecule has 8 heteroatoms. The number of nitrogens with zero attached hydrogens (tertiary/aromatic N) is 2. The molecule has 0 aliphatic rings. The largest absolute Gasteiger partial charge is 0.494 e. The summed E-state index contributed by atoms with van der Waals surface area (Å²) in [4.78, 5) is 24.9. The second-order valence-corrected chi connectivity index (χ2v) is 6.28. The minimum Gasteiger partial charge on any atom is -0.494 e. The zero-order valence-electron chi connectivity index (χ0n) is 16.5. The van der Waals surface area contributed by atoms with E-state index in [2.05, 4.69) is 15.7 Å². The minimum atomic E-state index is -0.366. The first-order valence-electron chi connectivity index (χ1n) is 9.37. The topological polar surface area (TPSA) is 94.5 Å². The number of urea groups is 1. The first kappa shape index (κ1) is 20.3. The van der Waals surface area contributed by atoms with Crippen LogP contribution in [0.5, 0.6) is 5.75 Å². The Morgan fingerprint density at radius 3 is 2.52 bits per heavy atom. The van der Waals surface area contributed by atoms with Gasteiger partial charge in [0, 0.05) is 18.2 Å². The van der Waals surface area contributed by atoms with E-state index in [0.29, 0.717) is 41.9 Å². The Hall–Kier alpha value is -3.39. The summed E-state index contributed by atoms with van der Waals surface area (Å²) in [6.45, 7) is 3.38. The third-order valence-corrected chi connectivity index (χ3v) is 4.29. The van der Waals surface area contributed by atoms with Crippen molar-refractivity contribution < 1.29 is 14.3 Å². The average Bonchev–Trinajstić information content (AvgIpc) is 2.74. The number of rotatable bonds is 8. The molecule has 3 aromatic rings. The van der Waals surface area contributed by atoms with E-state index in [9.17, 15) is 9.59 Å². The molecule has 0 spiro atoms. The zero-order valence-corrected chi connectivity index (χ0v) is 16.5. The van der Waals surface area contributed by atoms with Crippen molar-refractivity contribution in [3.63, 3.8) is 0 Å². The van der Waals surface area contributed by atoms with Crippen molar-refractivity contribution in [1.29, 1.82) is 0 Å². The van der Waals surface area contributed by atoms with Gasteiger partial charge in [0.1, 0.15) is 5.75 Å². The van der Waals surface area contributed by atoms with Crippen LogP contribution in [0.15, 0.2) is 53.3 Å². The van der Waals surface area contributed by atoms with Crippen LogP contribution < -0.4 is 20.9 Å². The SMILES string of the molecule is CCOc1ccc(NC(=O)NCc2nn(CCOC)c(=O)c3ccccc23)cc1. The number of carbonyl (C=O) groups is 1. The number of carbonyl (C=O) groups excluding carboxylic acids is 1. The van der Waals surface area contributed by atoms with Crippen molar-refractivity contribution >= 4 is 22.5 Å². The second kappa shape index (κ2) is 9.70. The normalized spacial score (nSPS) is 10.7. The van der Waals surface area contributed by atoms with Gasteiger partial charge in [0.15, 0.2) is 0 Å². The average molecular weight is 396 g/mol. The number of ether oxygens (including phenoxy) is 2. The smallest absolute Gasteiger partial charge is 0.319 e. The molecule has 0 atom stereocenters. The molecular weight excluding hydrogens is 372 g/mol. The fourth-order valence-corrected chi connectivity index (χ4v) is 2.91. The summed E-state index contributed by atoms with van der Waals surface area (Å²) in [5, 5.41) is 11.2. The molecule has 1 heterocycles. The van der Waals surface area contributed by atoms with E-state index in [4.69, 9.17) is 9.47 Å². The highest BCUT2D eigenvalue weighted by molar-refractivity contribution is 5.90. The van der Waals surface area contributed by atoms with Gasteiger partial charge in [0.2, 0.25) is 0 Å². The highest BCUT2D eigenvalue weighted by Gasteiger charge is 2.11. The Morgan fingerprint density at radius 2 is 1.83 bits per heavy atom. The molecule has 8 nitrogen and oxygen atoms in total.